The van der Waals surface area contributed by atoms with E-state index in [4.69, 9.17) is 9.57 Å². The van der Waals surface area contributed by atoms with Crippen molar-refractivity contribution >= 4 is 39.5 Å². The Hall–Kier alpha value is -4.72. The van der Waals surface area contributed by atoms with Crippen molar-refractivity contribution in [3.63, 3.8) is 0 Å². The fourth-order valence-electron chi connectivity index (χ4n) is 6.84. The summed E-state index contributed by atoms with van der Waals surface area (Å²) in [7, 11) is -3.90. The second kappa shape index (κ2) is 13.4. The molecule has 1 aliphatic heterocycles. The number of carbonyl (C=O) groups excluding carboxylic acids is 4. The molecule has 6 rings (SSSR count). The number of sulfonamides is 1. The Morgan fingerprint density at radius 2 is 1.54 bits per heavy atom. The molecular weight excluding hydrogens is 687 g/mol. The molecule has 14 heteroatoms. The number of carbonyl (C=O) groups is 4. The first-order valence-corrected chi connectivity index (χ1v) is 19.1. The van der Waals surface area contributed by atoms with Crippen molar-refractivity contribution in [2.24, 2.45) is 16.5 Å². The molecule has 0 aromatic heterocycles. The predicted octanol–water partition coefficient (Wildman–Crippen LogP) is 4.01. The van der Waals surface area contributed by atoms with Gasteiger partial charge in [-0.25, -0.2) is 13.2 Å². The number of amides is 4. The van der Waals surface area contributed by atoms with Gasteiger partial charge in [-0.1, -0.05) is 80.5 Å². The number of oxime groups is 1. The Morgan fingerprint density at radius 3 is 2.04 bits per heavy atom. The van der Waals surface area contributed by atoms with E-state index in [2.05, 4.69) is 27.1 Å². The molecule has 3 fully saturated rings. The van der Waals surface area contributed by atoms with Crippen LogP contribution in [0.2, 0.25) is 0 Å². The summed E-state index contributed by atoms with van der Waals surface area (Å²) in [6, 6.07) is 13.4. The average Bonchev–Trinajstić information content (AvgIpc) is 3.97. The molecule has 1 saturated heterocycles. The van der Waals surface area contributed by atoms with Crippen LogP contribution < -0.4 is 15.4 Å². The van der Waals surface area contributed by atoms with E-state index in [1.54, 1.807) is 41.5 Å². The monoisotopic (exact) mass is 733 g/mol. The summed E-state index contributed by atoms with van der Waals surface area (Å²) in [5, 5.41) is 9.42. The van der Waals surface area contributed by atoms with E-state index in [0.29, 0.717) is 18.6 Å². The number of fused-ring (bicyclic) bond motifs is 3. The van der Waals surface area contributed by atoms with Crippen LogP contribution in [0.1, 0.15) is 78.4 Å². The molecule has 0 unspecified atom stereocenters. The molecule has 3 aliphatic carbocycles. The third-order valence-electron chi connectivity index (χ3n) is 9.82. The van der Waals surface area contributed by atoms with Crippen LogP contribution in [0.3, 0.4) is 0 Å². The second-order valence-corrected chi connectivity index (χ2v) is 18.1. The molecule has 0 spiro atoms. The fraction of sp³-hybridized carbons (Fsp3) is 0.500. The molecule has 2 saturated carbocycles. The van der Waals surface area contributed by atoms with E-state index in [1.807, 2.05) is 48.5 Å². The number of alkyl carbamates (subject to hydrolysis) is 1. The number of nitrogens with one attached hydrogen (secondary N) is 3. The molecule has 13 nitrogen and oxygen atoms in total. The first kappa shape index (κ1) is 37.1. The van der Waals surface area contributed by atoms with Gasteiger partial charge in [0.25, 0.3) is 5.91 Å². The van der Waals surface area contributed by atoms with Gasteiger partial charge in [-0.15, -0.1) is 6.58 Å². The van der Waals surface area contributed by atoms with Crippen molar-refractivity contribution in [1.82, 2.24) is 20.3 Å². The number of nitrogens with zero attached hydrogens (tertiary/aromatic N) is 2. The van der Waals surface area contributed by atoms with Gasteiger partial charge in [-0.3, -0.25) is 19.1 Å². The van der Waals surface area contributed by atoms with Gasteiger partial charge in [0.15, 0.2) is 0 Å². The Bertz CT molecular complexity index is 1900. The Labute approximate surface area is 304 Å². The van der Waals surface area contributed by atoms with Gasteiger partial charge in [-0.2, -0.15) is 0 Å². The van der Waals surface area contributed by atoms with Gasteiger partial charge in [-0.05, 0) is 56.6 Å². The summed E-state index contributed by atoms with van der Waals surface area (Å²) in [4.78, 5) is 62.6. The van der Waals surface area contributed by atoms with E-state index in [1.165, 1.54) is 11.0 Å². The van der Waals surface area contributed by atoms with Crippen LogP contribution in [0, 0.1) is 11.3 Å². The van der Waals surface area contributed by atoms with Crippen LogP contribution in [0.25, 0.3) is 11.1 Å². The molecule has 4 amide bonds. The van der Waals surface area contributed by atoms with E-state index < -0.39 is 79.7 Å². The summed E-state index contributed by atoms with van der Waals surface area (Å²) in [6.45, 7) is 14.2. The molecule has 0 bridgehead atoms. The third kappa shape index (κ3) is 7.43. The lowest BCUT2D eigenvalue weighted by molar-refractivity contribution is -0.143. The van der Waals surface area contributed by atoms with Crippen LogP contribution in [0.5, 0.6) is 0 Å². The van der Waals surface area contributed by atoms with E-state index in [0.717, 1.165) is 22.3 Å². The average molecular weight is 734 g/mol. The van der Waals surface area contributed by atoms with Crippen molar-refractivity contribution in [1.29, 1.82) is 0 Å². The lowest BCUT2D eigenvalue weighted by Gasteiger charge is -2.36. The highest BCUT2D eigenvalue weighted by Gasteiger charge is 2.62. The topological polar surface area (TPSA) is 173 Å². The molecule has 3 N–H and O–H groups in total. The molecule has 278 valence electrons. The third-order valence-corrected chi connectivity index (χ3v) is 11.6. The van der Waals surface area contributed by atoms with Gasteiger partial charge in [0.1, 0.15) is 35.0 Å². The molecular formula is C38H47N5O8S. The highest BCUT2D eigenvalue weighted by Crippen LogP contribution is 2.45. The quantitative estimate of drug-likeness (QED) is 0.207. The Morgan fingerprint density at radius 1 is 0.962 bits per heavy atom. The molecule has 0 radical (unpaired) electrons. The van der Waals surface area contributed by atoms with Crippen molar-refractivity contribution in [3.8, 4) is 11.1 Å². The summed E-state index contributed by atoms with van der Waals surface area (Å²) in [6.07, 6.45) is 1.04. The summed E-state index contributed by atoms with van der Waals surface area (Å²) in [5.74, 6) is -2.59. The van der Waals surface area contributed by atoms with Crippen molar-refractivity contribution in [2.45, 2.75) is 102 Å². The minimum absolute atomic E-state index is 0.0117. The predicted molar refractivity (Wildman–Crippen MR) is 194 cm³/mol. The Balaban J connectivity index is 1.29. The summed E-state index contributed by atoms with van der Waals surface area (Å²) >= 11 is 0. The molecule has 2 aromatic rings. The smallest absolute Gasteiger partial charge is 0.408 e. The minimum Gasteiger partial charge on any atom is -0.444 e. The minimum atomic E-state index is -3.90. The van der Waals surface area contributed by atoms with Crippen LogP contribution in [0.15, 0.2) is 66.3 Å². The highest BCUT2D eigenvalue weighted by molar-refractivity contribution is 7.91. The first-order valence-electron chi connectivity index (χ1n) is 17.6. The number of rotatable bonds is 10. The van der Waals surface area contributed by atoms with Crippen LogP contribution in [-0.4, -0.2) is 84.0 Å². The van der Waals surface area contributed by atoms with Gasteiger partial charge in [0.05, 0.1) is 11.8 Å². The van der Waals surface area contributed by atoms with Gasteiger partial charge in [0.2, 0.25) is 21.8 Å². The zero-order chi connectivity index (χ0) is 37.8. The largest absolute Gasteiger partial charge is 0.444 e. The van der Waals surface area contributed by atoms with E-state index >= 15 is 0 Å². The summed E-state index contributed by atoms with van der Waals surface area (Å²) < 4.78 is 33.0. The van der Waals surface area contributed by atoms with Crippen LogP contribution in [0.4, 0.5) is 4.79 Å². The zero-order valence-corrected chi connectivity index (χ0v) is 31.2. The number of benzene rings is 2. The lowest BCUT2D eigenvalue weighted by Crippen LogP contribution is -2.60. The van der Waals surface area contributed by atoms with Gasteiger partial charge < -0.3 is 25.1 Å². The number of hydrogen-bond acceptors (Lipinski definition) is 9. The zero-order valence-electron chi connectivity index (χ0n) is 30.4. The lowest BCUT2D eigenvalue weighted by atomic mass is 9.85. The van der Waals surface area contributed by atoms with Crippen molar-refractivity contribution in [2.75, 3.05) is 6.54 Å². The number of hydrogen-bond donors (Lipinski definition) is 3. The van der Waals surface area contributed by atoms with Crippen LogP contribution >= 0.6 is 0 Å². The van der Waals surface area contributed by atoms with E-state index in [-0.39, 0.29) is 19.4 Å². The maximum absolute atomic E-state index is 14.5. The maximum atomic E-state index is 14.5. The fourth-order valence-corrected chi connectivity index (χ4v) is 8.21. The molecule has 4 aliphatic rings. The highest BCUT2D eigenvalue weighted by atomic mass is 32.2. The van der Waals surface area contributed by atoms with Gasteiger partial charge >= 0.3 is 6.09 Å². The molecule has 52 heavy (non-hydrogen) atoms. The van der Waals surface area contributed by atoms with Crippen molar-refractivity contribution in [3.05, 3.63) is 72.3 Å². The molecule has 2 aromatic carbocycles. The van der Waals surface area contributed by atoms with Crippen LogP contribution in [-0.2, 0) is 34.0 Å². The number of likely N-dealkylation sites (tertiary alicyclic amines) is 1. The molecule has 5 atom stereocenters. The normalized spacial score (nSPS) is 24.2. The first-order chi connectivity index (χ1) is 24.3. The van der Waals surface area contributed by atoms with Crippen molar-refractivity contribution < 1.29 is 37.2 Å². The van der Waals surface area contributed by atoms with Gasteiger partial charge in [0, 0.05) is 23.5 Å². The standard InChI is InChI=1S/C38H47N5O8S/c1-8-22-20-38(22,34(46)42-52(48,49)24-17-18-24)40-32(44)29-19-23(21-43(29)33(45)31(36(2,3)4)39-35(47)50-37(5,6)7)51-41-30-27-15-11-9-13-25(27)26-14-10-12-16-28(26)30/h8-16,22-24,29,31H,1,17-21H2,2-7H3,(H,39,47)(H,40,44)(H,42,46)/t22-,23-,29+,31-,38+/m1/s1. The Kier molecular flexibility index (Phi) is 9.52. The molecule has 1 heterocycles. The maximum Gasteiger partial charge on any atom is 0.408 e. The SMILES string of the molecule is C=C[C@@H]1C[C@@]1(NC(=O)[C@@H]1C[C@@H](ON=C2c3ccccc3-c3ccccc32)CN1C(=O)[C@@H](NC(=O)OC(C)(C)C)C(C)(C)C)C(=O)NS(=O)(=O)C1CC1. The van der Waals surface area contributed by atoms with E-state index in [9.17, 15) is 27.6 Å². The number of ether oxygens (including phenoxy) is 1. The summed E-state index contributed by atoms with van der Waals surface area (Å²) in [5.41, 5.74) is 1.22. The second-order valence-electron chi connectivity index (χ2n) is 16.1.